The Morgan fingerprint density at radius 1 is 1.05 bits per heavy atom. The number of anilines is 2. The first-order valence-corrected chi connectivity index (χ1v) is 7.11. The van der Waals surface area contributed by atoms with E-state index in [1.165, 1.54) is 18.9 Å². The minimum atomic E-state index is -0.824. The zero-order chi connectivity index (χ0) is 14.7. The molecule has 1 aliphatic heterocycles. The second-order valence-electron chi connectivity index (χ2n) is 5.20. The smallest absolute Gasteiger partial charge is 0.159 e. The summed E-state index contributed by atoms with van der Waals surface area (Å²) in [6, 6.07) is 7.85. The number of halogens is 2. The Balaban J connectivity index is 1.61. The van der Waals surface area contributed by atoms with Crippen molar-refractivity contribution < 1.29 is 8.78 Å². The Labute approximate surface area is 122 Å². The predicted molar refractivity (Wildman–Crippen MR) is 79.4 cm³/mol. The summed E-state index contributed by atoms with van der Waals surface area (Å²) in [7, 11) is 0. The van der Waals surface area contributed by atoms with Gasteiger partial charge in [0.15, 0.2) is 11.6 Å². The van der Waals surface area contributed by atoms with Crippen molar-refractivity contribution in [2.24, 2.45) is 0 Å². The first-order valence-electron chi connectivity index (χ1n) is 7.11. The predicted octanol–water partition coefficient (Wildman–Crippen LogP) is 3.57. The molecule has 3 nitrogen and oxygen atoms in total. The van der Waals surface area contributed by atoms with Crippen LogP contribution in [0, 0.1) is 11.6 Å². The van der Waals surface area contributed by atoms with Crippen molar-refractivity contribution in [3.8, 4) is 0 Å². The first-order chi connectivity index (χ1) is 10.2. The van der Waals surface area contributed by atoms with Crippen LogP contribution in [0.5, 0.6) is 0 Å². The van der Waals surface area contributed by atoms with E-state index in [1.807, 2.05) is 12.1 Å². The number of aromatic nitrogens is 1. The van der Waals surface area contributed by atoms with Gasteiger partial charge >= 0.3 is 0 Å². The van der Waals surface area contributed by atoms with Gasteiger partial charge in [-0.25, -0.2) is 13.8 Å². The lowest BCUT2D eigenvalue weighted by atomic mass is 10.2. The monoisotopic (exact) mass is 289 g/mol. The number of rotatable bonds is 4. The molecule has 3 rings (SSSR count). The number of benzene rings is 1. The van der Waals surface area contributed by atoms with E-state index in [4.69, 9.17) is 0 Å². The number of pyridine rings is 1. The molecule has 0 spiro atoms. The van der Waals surface area contributed by atoms with Crippen molar-refractivity contribution in [1.82, 2.24) is 4.98 Å². The standard InChI is InChI=1S/C16H17F2N3/c17-14-5-3-12(9-15(14)18)10-19-13-4-6-16(20-11-13)21-7-1-2-8-21/h3-6,9,11,19H,1-2,7-8,10H2. The van der Waals surface area contributed by atoms with Gasteiger partial charge in [0.05, 0.1) is 11.9 Å². The average Bonchev–Trinajstić information content (AvgIpc) is 3.03. The van der Waals surface area contributed by atoms with Gasteiger partial charge in [0.1, 0.15) is 5.82 Å². The maximum Gasteiger partial charge on any atom is 0.159 e. The quantitative estimate of drug-likeness (QED) is 0.932. The molecule has 1 aliphatic rings. The van der Waals surface area contributed by atoms with E-state index in [1.54, 1.807) is 12.3 Å². The van der Waals surface area contributed by atoms with Gasteiger partial charge in [0, 0.05) is 19.6 Å². The van der Waals surface area contributed by atoms with E-state index >= 15 is 0 Å². The molecule has 1 fully saturated rings. The van der Waals surface area contributed by atoms with Crippen LogP contribution in [0.3, 0.4) is 0 Å². The first kappa shape index (κ1) is 13.8. The van der Waals surface area contributed by atoms with Gasteiger partial charge in [-0.15, -0.1) is 0 Å². The van der Waals surface area contributed by atoms with Crippen molar-refractivity contribution in [3.05, 3.63) is 53.7 Å². The van der Waals surface area contributed by atoms with Gasteiger partial charge in [-0.3, -0.25) is 0 Å². The third-order valence-electron chi connectivity index (χ3n) is 3.66. The second kappa shape index (κ2) is 6.08. The van der Waals surface area contributed by atoms with Crippen LogP contribution in [0.15, 0.2) is 36.5 Å². The highest BCUT2D eigenvalue weighted by Gasteiger charge is 2.12. The maximum atomic E-state index is 13.1. The molecular weight excluding hydrogens is 272 g/mol. The van der Waals surface area contributed by atoms with E-state index in [0.717, 1.165) is 30.7 Å². The molecule has 5 heteroatoms. The average molecular weight is 289 g/mol. The Bertz CT molecular complexity index is 607. The highest BCUT2D eigenvalue weighted by Crippen LogP contribution is 2.19. The fourth-order valence-corrected chi connectivity index (χ4v) is 2.48. The molecule has 0 bridgehead atoms. The summed E-state index contributed by atoms with van der Waals surface area (Å²) >= 11 is 0. The van der Waals surface area contributed by atoms with Crippen LogP contribution in [0.2, 0.25) is 0 Å². The normalized spacial score (nSPS) is 14.5. The SMILES string of the molecule is Fc1ccc(CNc2ccc(N3CCCC3)nc2)cc1F. The molecular formula is C16H17F2N3. The number of hydrogen-bond donors (Lipinski definition) is 1. The molecule has 0 radical (unpaired) electrons. The van der Waals surface area contributed by atoms with Crippen LogP contribution in [0.1, 0.15) is 18.4 Å². The molecule has 2 aromatic rings. The van der Waals surface area contributed by atoms with Crippen LogP contribution >= 0.6 is 0 Å². The summed E-state index contributed by atoms with van der Waals surface area (Å²) in [5, 5.41) is 3.16. The van der Waals surface area contributed by atoms with Crippen LogP contribution in [-0.2, 0) is 6.54 Å². The summed E-state index contributed by atoms with van der Waals surface area (Å²) in [6.07, 6.45) is 4.21. The zero-order valence-electron chi connectivity index (χ0n) is 11.6. The minimum Gasteiger partial charge on any atom is -0.380 e. The summed E-state index contributed by atoms with van der Waals surface area (Å²) in [6.45, 7) is 2.56. The van der Waals surface area contributed by atoms with Gasteiger partial charge in [0.25, 0.3) is 0 Å². The van der Waals surface area contributed by atoms with Gasteiger partial charge in [-0.05, 0) is 42.7 Å². The highest BCUT2D eigenvalue weighted by atomic mass is 19.2. The van der Waals surface area contributed by atoms with Crippen LogP contribution in [0.4, 0.5) is 20.3 Å². The Kier molecular flexibility index (Phi) is 3.99. The fourth-order valence-electron chi connectivity index (χ4n) is 2.48. The molecule has 0 amide bonds. The van der Waals surface area contributed by atoms with E-state index < -0.39 is 11.6 Å². The molecule has 0 atom stereocenters. The van der Waals surface area contributed by atoms with Gasteiger partial charge in [0.2, 0.25) is 0 Å². The maximum absolute atomic E-state index is 13.1. The molecule has 21 heavy (non-hydrogen) atoms. The molecule has 0 aliphatic carbocycles. The Morgan fingerprint density at radius 3 is 2.52 bits per heavy atom. The lowest BCUT2D eigenvalue weighted by Crippen LogP contribution is -2.18. The van der Waals surface area contributed by atoms with Crippen molar-refractivity contribution >= 4 is 11.5 Å². The Morgan fingerprint density at radius 2 is 1.86 bits per heavy atom. The molecule has 1 aromatic carbocycles. The van der Waals surface area contributed by atoms with Gasteiger partial charge < -0.3 is 10.2 Å². The molecule has 1 aromatic heterocycles. The fraction of sp³-hybridized carbons (Fsp3) is 0.312. The highest BCUT2D eigenvalue weighted by molar-refractivity contribution is 5.49. The zero-order valence-corrected chi connectivity index (χ0v) is 11.6. The Hall–Kier alpha value is -2.17. The second-order valence-corrected chi connectivity index (χ2v) is 5.20. The molecule has 1 saturated heterocycles. The summed E-state index contributed by atoms with van der Waals surface area (Å²) in [4.78, 5) is 6.70. The molecule has 0 saturated carbocycles. The molecule has 0 unspecified atom stereocenters. The largest absolute Gasteiger partial charge is 0.380 e. The molecule has 110 valence electrons. The van der Waals surface area contributed by atoms with E-state index in [0.29, 0.717) is 12.1 Å². The van der Waals surface area contributed by atoms with E-state index in [-0.39, 0.29) is 0 Å². The molecule has 2 heterocycles. The summed E-state index contributed by atoms with van der Waals surface area (Å²) < 4.78 is 26.0. The van der Waals surface area contributed by atoms with E-state index in [2.05, 4.69) is 15.2 Å². The summed E-state index contributed by atoms with van der Waals surface area (Å²) in [5.74, 6) is -0.655. The number of nitrogens with zero attached hydrogens (tertiary/aromatic N) is 2. The van der Waals surface area contributed by atoms with Gasteiger partial charge in [-0.2, -0.15) is 0 Å². The van der Waals surface area contributed by atoms with E-state index in [9.17, 15) is 8.78 Å². The molecule has 1 N–H and O–H groups in total. The third-order valence-corrected chi connectivity index (χ3v) is 3.66. The van der Waals surface area contributed by atoms with Crippen molar-refractivity contribution in [2.45, 2.75) is 19.4 Å². The van der Waals surface area contributed by atoms with Crippen molar-refractivity contribution in [1.29, 1.82) is 0 Å². The lowest BCUT2D eigenvalue weighted by Gasteiger charge is -2.16. The van der Waals surface area contributed by atoms with Crippen LogP contribution < -0.4 is 10.2 Å². The van der Waals surface area contributed by atoms with Crippen LogP contribution in [-0.4, -0.2) is 18.1 Å². The lowest BCUT2D eigenvalue weighted by molar-refractivity contribution is 0.507. The number of hydrogen-bond acceptors (Lipinski definition) is 3. The number of nitrogens with one attached hydrogen (secondary N) is 1. The topological polar surface area (TPSA) is 28.2 Å². The third kappa shape index (κ3) is 3.29. The van der Waals surface area contributed by atoms with Crippen LogP contribution in [0.25, 0.3) is 0 Å². The summed E-state index contributed by atoms with van der Waals surface area (Å²) in [5.41, 5.74) is 1.56. The minimum absolute atomic E-state index is 0.432. The van der Waals surface area contributed by atoms with Crippen molar-refractivity contribution in [2.75, 3.05) is 23.3 Å². The van der Waals surface area contributed by atoms with Gasteiger partial charge in [-0.1, -0.05) is 6.07 Å². The van der Waals surface area contributed by atoms with Crippen molar-refractivity contribution in [3.63, 3.8) is 0 Å².